The lowest BCUT2D eigenvalue weighted by atomic mass is 10.1. The predicted molar refractivity (Wildman–Crippen MR) is 98.2 cm³/mol. The number of anilines is 1. The average molecular weight is 337 g/mol. The fraction of sp³-hybridized carbons (Fsp3) is 0.300. The highest BCUT2D eigenvalue weighted by Crippen LogP contribution is 2.23. The normalized spacial score (nSPS) is 17.4. The molecule has 0 aromatic heterocycles. The molecule has 5 heteroatoms. The number of para-hydroxylation sites is 1. The van der Waals surface area contributed by atoms with Gasteiger partial charge in [-0.1, -0.05) is 48.5 Å². The van der Waals surface area contributed by atoms with Crippen LogP contribution in [0.25, 0.3) is 0 Å². The maximum atomic E-state index is 12.7. The minimum Gasteiger partial charge on any atom is -0.368 e. The van der Waals surface area contributed by atoms with Crippen LogP contribution in [0.3, 0.4) is 0 Å². The maximum Gasteiger partial charge on any atom is 0.242 e. The van der Waals surface area contributed by atoms with Gasteiger partial charge in [0.15, 0.2) is 0 Å². The maximum absolute atomic E-state index is 12.7. The summed E-state index contributed by atoms with van der Waals surface area (Å²) in [7, 11) is 0. The number of carbonyl (C=O) groups is 2. The molecule has 2 N–H and O–H groups in total. The summed E-state index contributed by atoms with van der Waals surface area (Å²) in [4.78, 5) is 28.4. The molecule has 5 nitrogen and oxygen atoms in total. The van der Waals surface area contributed by atoms with E-state index in [2.05, 4.69) is 4.90 Å². The SMILES string of the molecule is Cc1ccccc1N1CCN(C(=O)Cc2ccccc2)C(C(N)=O)C1. The van der Waals surface area contributed by atoms with Crippen LogP contribution in [0.5, 0.6) is 0 Å². The Hall–Kier alpha value is -2.82. The molecule has 0 saturated carbocycles. The van der Waals surface area contributed by atoms with Crippen molar-refractivity contribution in [1.82, 2.24) is 4.90 Å². The van der Waals surface area contributed by atoms with Crippen LogP contribution in [0, 0.1) is 6.92 Å². The van der Waals surface area contributed by atoms with E-state index in [-0.39, 0.29) is 12.3 Å². The Morgan fingerprint density at radius 2 is 1.72 bits per heavy atom. The van der Waals surface area contributed by atoms with E-state index in [0.717, 1.165) is 16.8 Å². The van der Waals surface area contributed by atoms with Gasteiger partial charge in [-0.3, -0.25) is 9.59 Å². The summed E-state index contributed by atoms with van der Waals surface area (Å²) in [5.74, 6) is -0.515. The molecule has 0 bridgehead atoms. The Kier molecular flexibility index (Phi) is 5.03. The Labute approximate surface area is 148 Å². The van der Waals surface area contributed by atoms with Gasteiger partial charge in [0.05, 0.1) is 6.42 Å². The van der Waals surface area contributed by atoms with E-state index in [1.54, 1.807) is 4.90 Å². The van der Waals surface area contributed by atoms with Crippen molar-refractivity contribution >= 4 is 17.5 Å². The molecule has 2 amide bonds. The molecule has 1 unspecified atom stereocenters. The van der Waals surface area contributed by atoms with Gasteiger partial charge in [-0.05, 0) is 24.1 Å². The van der Waals surface area contributed by atoms with Gasteiger partial charge in [0, 0.05) is 25.3 Å². The highest BCUT2D eigenvalue weighted by atomic mass is 16.2. The summed E-state index contributed by atoms with van der Waals surface area (Å²) in [6.45, 7) is 3.66. The second-order valence-corrected chi connectivity index (χ2v) is 6.40. The zero-order valence-electron chi connectivity index (χ0n) is 14.4. The lowest BCUT2D eigenvalue weighted by Crippen LogP contribution is -2.60. The van der Waals surface area contributed by atoms with E-state index in [0.29, 0.717) is 19.6 Å². The molecule has 2 aromatic rings. The second kappa shape index (κ2) is 7.38. The first kappa shape index (κ1) is 17.0. The van der Waals surface area contributed by atoms with Crippen molar-refractivity contribution in [2.45, 2.75) is 19.4 Å². The average Bonchev–Trinajstić information content (AvgIpc) is 2.62. The molecule has 1 atom stereocenters. The summed E-state index contributed by atoms with van der Waals surface area (Å²) >= 11 is 0. The van der Waals surface area contributed by atoms with Crippen molar-refractivity contribution in [3.63, 3.8) is 0 Å². The molecule has 0 aliphatic carbocycles. The van der Waals surface area contributed by atoms with Crippen LogP contribution >= 0.6 is 0 Å². The van der Waals surface area contributed by atoms with E-state index in [4.69, 9.17) is 5.73 Å². The number of rotatable bonds is 4. The number of aryl methyl sites for hydroxylation is 1. The standard InChI is InChI=1S/C20H23N3O2/c1-15-7-5-6-10-17(15)22-11-12-23(18(14-22)20(21)25)19(24)13-16-8-3-2-4-9-16/h2-10,18H,11-14H2,1H3,(H2,21,25). The van der Waals surface area contributed by atoms with Gasteiger partial charge in [0.2, 0.25) is 11.8 Å². The number of carbonyl (C=O) groups excluding carboxylic acids is 2. The molecule has 3 rings (SSSR count). The number of hydrogen-bond acceptors (Lipinski definition) is 3. The molecular formula is C20H23N3O2. The number of primary amides is 1. The third-order valence-electron chi connectivity index (χ3n) is 4.68. The number of benzene rings is 2. The van der Waals surface area contributed by atoms with Gasteiger partial charge in [0.25, 0.3) is 0 Å². The lowest BCUT2D eigenvalue weighted by Gasteiger charge is -2.41. The van der Waals surface area contributed by atoms with Crippen LogP contribution in [0.4, 0.5) is 5.69 Å². The van der Waals surface area contributed by atoms with Crippen LogP contribution in [0.1, 0.15) is 11.1 Å². The van der Waals surface area contributed by atoms with Crippen molar-refractivity contribution in [3.8, 4) is 0 Å². The Morgan fingerprint density at radius 1 is 1.04 bits per heavy atom. The molecule has 1 heterocycles. The molecule has 2 aromatic carbocycles. The summed E-state index contributed by atoms with van der Waals surface area (Å²) in [6, 6.07) is 17.0. The zero-order chi connectivity index (χ0) is 17.8. The molecule has 25 heavy (non-hydrogen) atoms. The fourth-order valence-electron chi connectivity index (χ4n) is 3.33. The fourth-order valence-corrected chi connectivity index (χ4v) is 3.33. The molecule has 1 aliphatic rings. The van der Waals surface area contributed by atoms with Crippen molar-refractivity contribution < 1.29 is 9.59 Å². The molecule has 1 aliphatic heterocycles. The highest BCUT2D eigenvalue weighted by molar-refractivity contribution is 5.88. The minimum atomic E-state index is -0.607. The van der Waals surface area contributed by atoms with Crippen LogP contribution in [-0.4, -0.2) is 42.4 Å². The summed E-state index contributed by atoms with van der Waals surface area (Å²) in [5.41, 5.74) is 8.78. The van der Waals surface area contributed by atoms with E-state index in [1.807, 2.05) is 61.5 Å². The van der Waals surface area contributed by atoms with E-state index in [9.17, 15) is 9.59 Å². The van der Waals surface area contributed by atoms with Crippen molar-refractivity contribution in [1.29, 1.82) is 0 Å². The number of nitrogens with two attached hydrogens (primary N) is 1. The third-order valence-corrected chi connectivity index (χ3v) is 4.68. The Morgan fingerprint density at radius 3 is 2.40 bits per heavy atom. The molecule has 1 fully saturated rings. The number of hydrogen-bond donors (Lipinski definition) is 1. The van der Waals surface area contributed by atoms with Crippen LogP contribution in [0.15, 0.2) is 54.6 Å². The minimum absolute atomic E-state index is 0.0561. The smallest absolute Gasteiger partial charge is 0.242 e. The van der Waals surface area contributed by atoms with Gasteiger partial charge < -0.3 is 15.5 Å². The van der Waals surface area contributed by atoms with Crippen molar-refractivity contribution in [2.75, 3.05) is 24.5 Å². The Bertz CT molecular complexity index is 761. The lowest BCUT2D eigenvalue weighted by molar-refractivity contribution is -0.139. The summed E-state index contributed by atoms with van der Waals surface area (Å²) in [6.07, 6.45) is 0.287. The van der Waals surface area contributed by atoms with E-state index in [1.165, 1.54) is 0 Å². The quantitative estimate of drug-likeness (QED) is 0.924. The van der Waals surface area contributed by atoms with Crippen LogP contribution in [0.2, 0.25) is 0 Å². The Balaban J connectivity index is 1.75. The number of piperazine rings is 1. The first-order chi connectivity index (χ1) is 12.1. The number of amides is 2. The molecule has 1 saturated heterocycles. The van der Waals surface area contributed by atoms with Gasteiger partial charge in [-0.2, -0.15) is 0 Å². The van der Waals surface area contributed by atoms with Gasteiger partial charge in [-0.25, -0.2) is 0 Å². The molecular weight excluding hydrogens is 314 g/mol. The van der Waals surface area contributed by atoms with Crippen LogP contribution < -0.4 is 10.6 Å². The molecule has 0 radical (unpaired) electrons. The number of nitrogens with zero attached hydrogens (tertiary/aromatic N) is 2. The monoisotopic (exact) mass is 337 g/mol. The summed E-state index contributed by atoms with van der Waals surface area (Å²) in [5, 5.41) is 0. The van der Waals surface area contributed by atoms with E-state index >= 15 is 0 Å². The zero-order valence-corrected chi connectivity index (χ0v) is 14.4. The van der Waals surface area contributed by atoms with Crippen LogP contribution in [-0.2, 0) is 16.0 Å². The van der Waals surface area contributed by atoms with Crippen molar-refractivity contribution in [3.05, 3.63) is 65.7 Å². The summed E-state index contributed by atoms with van der Waals surface area (Å²) < 4.78 is 0. The molecule has 0 spiro atoms. The van der Waals surface area contributed by atoms with Crippen molar-refractivity contribution in [2.24, 2.45) is 5.73 Å². The highest BCUT2D eigenvalue weighted by Gasteiger charge is 2.34. The van der Waals surface area contributed by atoms with Gasteiger partial charge in [0.1, 0.15) is 6.04 Å². The van der Waals surface area contributed by atoms with Gasteiger partial charge in [-0.15, -0.1) is 0 Å². The topological polar surface area (TPSA) is 66.6 Å². The first-order valence-corrected chi connectivity index (χ1v) is 8.49. The second-order valence-electron chi connectivity index (χ2n) is 6.40. The van der Waals surface area contributed by atoms with Gasteiger partial charge >= 0.3 is 0 Å². The predicted octanol–water partition coefficient (Wildman–Crippen LogP) is 1.74. The molecule has 130 valence electrons. The largest absolute Gasteiger partial charge is 0.368 e. The van der Waals surface area contributed by atoms with E-state index < -0.39 is 11.9 Å². The third kappa shape index (κ3) is 3.82. The first-order valence-electron chi connectivity index (χ1n) is 8.49.